The number of nitrogens with one attached hydrogen (secondary N) is 6. The largest absolute Gasteiger partial charge is 0.418 e. The smallest absolute Gasteiger partial charge is 0.370 e. The SMILES string of the molecule is NC(=O)C(N=C(N)N)NC(=O)C(N=C(N)N)NC(=O)C(N=C(N)N)NC(=O)C(N=C(N)N)NC(=O)C(NC(=O)C(O)N(C/C=C\c1ccc(NOO)cc1)c1ccc([N+](=O)[O-])cc1C(F)(F)F)c1ccccc1. The highest BCUT2D eigenvalue weighted by atomic mass is 19.4. The molecule has 32 nitrogen and oxygen atoms in total. The Morgan fingerprint density at radius 1 is 0.671 bits per heavy atom. The second-order valence-corrected chi connectivity index (χ2v) is 14.3. The summed E-state index contributed by atoms with van der Waals surface area (Å²) < 4.78 is 43.6. The number of aliphatic hydroxyl groups is 1. The molecule has 26 N–H and O–H groups in total. The molecular weight excluding hydrogens is 984 g/mol. The summed E-state index contributed by atoms with van der Waals surface area (Å²) >= 11 is 0. The second kappa shape index (κ2) is 26.1. The van der Waals surface area contributed by atoms with Crippen molar-refractivity contribution in [3.63, 3.8) is 0 Å². The molecule has 0 aliphatic carbocycles. The molecule has 0 aliphatic heterocycles. The molecule has 0 bridgehead atoms. The fourth-order valence-electron chi connectivity index (χ4n) is 5.86. The number of primary amides is 1. The van der Waals surface area contributed by atoms with Crippen molar-refractivity contribution in [2.45, 2.75) is 43.1 Å². The van der Waals surface area contributed by atoms with E-state index in [0.717, 1.165) is 0 Å². The van der Waals surface area contributed by atoms with Crippen molar-refractivity contribution in [1.82, 2.24) is 26.6 Å². The van der Waals surface area contributed by atoms with E-state index in [1.807, 2.05) is 16.0 Å². The lowest BCUT2D eigenvalue weighted by molar-refractivity contribution is -0.385. The number of carbonyl (C=O) groups is 6. The molecule has 3 aromatic carbocycles. The number of nitrogens with two attached hydrogens (primary N) is 9. The third kappa shape index (κ3) is 17.8. The van der Waals surface area contributed by atoms with Crippen molar-refractivity contribution in [3.8, 4) is 0 Å². The number of hydrogen-bond donors (Lipinski definition) is 17. The highest BCUT2D eigenvalue weighted by Gasteiger charge is 2.40. The first-order valence-corrected chi connectivity index (χ1v) is 20.1. The number of anilines is 2. The van der Waals surface area contributed by atoms with Gasteiger partial charge in [-0.05, 0) is 29.3 Å². The number of rotatable bonds is 24. The molecule has 0 fully saturated rings. The summed E-state index contributed by atoms with van der Waals surface area (Å²) in [6.07, 6.45) is -14.0. The minimum atomic E-state index is -5.31. The van der Waals surface area contributed by atoms with Crippen LogP contribution in [-0.2, 0) is 39.9 Å². The lowest BCUT2D eigenvalue weighted by Gasteiger charge is -2.31. The number of nitro groups is 1. The van der Waals surface area contributed by atoms with Gasteiger partial charge in [0.15, 0.2) is 23.8 Å². The van der Waals surface area contributed by atoms with Gasteiger partial charge in [-0.2, -0.15) is 13.2 Å². The maximum atomic E-state index is 14.5. The van der Waals surface area contributed by atoms with Crippen LogP contribution in [0.3, 0.4) is 0 Å². The number of aliphatic hydroxyl groups excluding tert-OH is 1. The van der Waals surface area contributed by atoms with Crippen molar-refractivity contribution in [1.29, 1.82) is 0 Å². The zero-order valence-corrected chi connectivity index (χ0v) is 37.3. The van der Waals surface area contributed by atoms with Crippen LogP contribution in [0.1, 0.15) is 22.7 Å². The minimum Gasteiger partial charge on any atom is -0.370 e. The van der Waals surface area contributed by atoms with Gasteiger partial charge in [-0.25, -0.2) is 30.7 Å². The Hall–Kier alpha value is -10.0. The fourth-order valence-corrected chi connectivity index (χ4v) is 5.86. The Kier molecular flexibility index (Phi) is 20.5. The standard InChI is InChI=1S/C38H48F3N21O11/c39-38(40,41)20-15-19(62(70)71)12-13-21(20)61(14-4-5-16-8-10-18(11-9-16)60-73-72)33(69)32(68)51-22(17-6-2-1-3-7-17)28(64)53-25(57-35(45)46)30(66)55-27(59-37(49)50)31(67)54-26(58-36(47)48)29(65)52-24(23(42)63)56-34(43)44/h1-13,15,22,24-27,33,60,69,72H,14H2,(H2,42,63)(H,51,68)(H,52,65)(H,53,64)(H,54,67)(H,55,66)(H4,43,44,56)(H4,45,46,57)(H4,47,48,58)(H4,49,50,59)/b5-4-. The minimum absolute atomic E-state index is 0.0908. The molecule has 0 aliphatic rings. The number of alkyl halides is 3. The summed E-state index contributed by atoms with van der Waals surface area (Å²) in [6.45, 7) is -0.710. The van der Waals surface area contributed by atoms with E-state index in [9.17, 15) is 57.2 Å². The Bertz CT molecular complexity index is 2640. The molecule has 35 heteroatoms. The van der Waals surface area contributed by atoms with Crippen LogP contribution in [0.4, 0.5) is 30.2 Å². The van der Waals surface area contributed by atoms with Crippen LogP contribution >= 0.6 is 0 Å². The van der Waals surface area contributed by atoms with Crippen LogP contribution in [-0.4, -0.2) is 112 Å². The van der Waals surface area contributed by atoms with Gasteiger partial charge in [-0.15, -0.1) is 4.99 Å². The quantitative estimate of drug-likeness (QED) is 0.00994. The lowest BCUT2D eigenvalue weighted by Crippen LogP contribution is -2.58. The predicted octanol–water partition coefficient (Wildman–Crippen LogP) is -5.53. The van der Waals surface area contributed by atoms with Crippen LogP contribution in [0, 0.1) is 10.1 Å². The monoisotopic (exact) mass is 1030 g/mol. The molecule has 0 spiro atoms. The summed E-state index contributed by atoms with van der Waals surface area (Å²) in [4.78, 5) is 109. The molecule has 3 rings (SSSR count). The van der Waals surface area contributed by atoms with Crippen LogP contribution < -0.4 is 88.6 Å². The number of nitrogens with zero attached hydrogens (tertiary/aromatic N) is 6. The van der Waals surface area contributed by atoms with Crippen molar-refractivity contribution >= 4 is 82.4 Å². The fraction of sp³-hybridized carbons (Fsp3) is 0.211. The third-order valence-electron chi connectivity index (χ3n) is 8.95. The van der Waals surface area contributed by atoms with Gasteiger partial charge in [0.25, 0.3) is 35.2 Å². The Morgan fingerprint density at radius 2 is 1.14 bits per heavy atom. The summed E-state index contributed by atoms with van der Waals surface area (Å²) in [6, 6.07) is 12.1. The number of amides is 6. The molecule has 0 saturated carbocycles. The van der Waals surface area contributed by atoms with E-state index >= 15 is 0 Å². The molecule has 392 valence electrons. The highest BCUT2D eigenvalue weighted by molar-refractivity contribution is 5.99. The van der Waals surface area contributed by atoms with Gasteiger partial charge in [0.1, 0.15) is 6.04 Å². The number of halogens is 3. The van der Waals surface area contributed by atoms with E-state index in [4.69, 9.17) is 56.9 Å². The van der Waals surface area contributed by atoms with Gasteiger partial charge in [0.05, 0.1) is 21.9 Å². The molecule has 0 radical (unpaired) electrons. The normalized spacial score (nSPS) is 13.4. The number of nitro benzene ring substituents is 1. The molecular formula is C38H48F3N21O11. The number of benzene rings is 3. The maximum Gasteiger partial charge on any atom is 0.418 e. The predicted molar refractivity (Wildman–Crippen MR) is 252 cm³/mol. The average Bonchev–Trinajstić information content (AvgIpc) is 3.30. The molecule has 0 aromatic heterocycles. The summed E-state index contributed by atoms with van der Waals surface area (Å²) in [5, 5.41) is 41.8. The van der Waals surface area contributed by atoms with Gasteiger partial charge in [-0.3, -0.25) is 38.9 Å². The molecule has 73 heavy (non-hydrogen) atoms. The van der Waals surface area contributed by atoms with E-state index in [0.29, 0.717) is 22.6 Å². The summed E-state index contributed by atoms with van der Waals surface area (Å²) in [5.41, 5.74) is 47.7. The number of guanidine groups is 4. The molecule has 3 aromatic rings. The van der Waals surface area contributed by atoms with Gasteiger partial charge in [0, 0.05) is 18.7 Å². The molecule has 6 amide bonds. The van der Waals surface area contributed by atoms with Crippen LogP contribution in [0.15, 0.2) is 98.8 Å². The first-order chi connectivity index (χ1) is 34.2. The van der Waals surface area contributed by atoms with E-state index in [-0.39, 0.29) is 17.3 Å². The van der Waals surface area contributed by atoms with Crippen molar-refractivity contribution in [2.24, 2.45) is 71.6 Å². The third-order valence-corrected chi connectivity index (χ3v) is 8.95. The van der Waals surface area contributed by atoms with Crippen LogP contribution in [0.2, 0.25) is 0 Å². The Labute approximate surface area is 408 Å². The van der Waals surface area contributed by atoms with Crippen molar-refractivity contribution in [2.75, 3.05) is 16.9 Å². The zero-order valence-electron chi connectivity index (χ0n) is 37.3. The molecule has 6 atom stereocenters. The first-order valence-electron chi connectivity index (χ1n) is 20.1. The first kappa shape index (κ1) is 57.3. The van der Waals surface area contributed by atoms with E-state index in [1.54, 1.807) is 0 Å². The van der Waals surface area contributed by atoms with E-state index < -0.39 is 131 Å². The zero-order chi connectivity index (χ0) is 54.7. The van der Waals surface area contributed by atoms with Crippen LogP contribution in [0.25, 0.3) is 6.08 Å². The summed E-state index contributed by atoms with van der Waals surface area (Å²) in [5.74, 6) is -11.9. The molecule has 6 unspecified atom stereocenters. The van der Waals surface area contributed by atoms with Gasteiger partial charge < -0.3 is 88.2 Å². The summed E-state index contributed by atoms with van der Waals surface area (Å²) in [7, 11) is 0. The van der Waals surface area contributed by atoms with E-state index in [2.05, 4.69) is 41.1 Å². The number of non-ortho nitro benzene ring substituents is 1. The van der Waals surface area contributed by atoms with Gasteiger partial charge in [-0.1, -0.05) is 54.6 Å². The van der Waals surface area contributed by atoms with Crippen LogP contribution in [0.5, 0.6) is 0 Å². The second-order valence-electron chi connectivity index (χ2n) is 14.3. The van der Waals surface area contributed by atoms with Crippen molar-refractivity contribution < 1.29 is 62.2 Å². The Morgan fingerprint density at radius 3 is 1.58 bits per heavy atom. The number of hydrogen-bond acceptors (Lipinski definition) is 17. The van der Waals surface area contributed by atoms with Gasteiger partial charge >= 0.3 is 6.18 Å². The van der Waals surface area contributed by atoms with E-state index in [1.165, 1.54) is 66.7 Å². The molecule has 0 heterocycles. The number of aliphatic imine (C=N–C) groups is 4. The maximum absolute atomic E-state index is 14.5. The highest BCUT2D eigenvalue weighted by Crippen LogP contribution is 2.39. The number of carbonyl (C=O) groups excluding carboxylic acids is 6. The lowest BCUT2D eigenvalue weighted by atomic mass is 10.1. The molecule has 0 saturated heterocycles. The van der Waals surface area contributed by atoms with Crippen molar-refractivity contribution in [3.05, 3.63) is 106 Å². The Balaban J connectivity index is 2.03. The topological polar surface area (TPSA) is 554 Å². The van der Waals surface area contributed by atoms with Gasteiger partial charge in [0.2, 0.25) is 36.8 Å². The average molecular weight is 1030 g/mol.